The van der Waals surface area contributed by atoms with Gasteiger partial charge in [-0.25, -0.2) is 28.1 Å². The van der Waals surface area contributed by atoms with Crippen LogP contribution >= 0.6 is 25.3 Å². The first-order valence-corrected chi connectivity index (χ1v) is 12.9. The van der Waals surface area contributed by atoms with Crippen molar-refractivity contribution in [2.45, 2.75) is 58.2 Å². The molecule has 0 amide bonds. The highest BCUT2D eigenvalue weighted by Gasteiger charge is 2.12. The van der Waals surface area contributed by atoms with Gasteiger partial charge in [0.1, 0.15) is 0 Å². The molecule has 37 heavy (non-hydrogen) atoms. The Labute approximate surface area is 229 Å². The number of esters is 2. The molecule has 1 aromatic rings. The van der Waals surface area contributed by atoms with Gasteiger partial charge in [0.15, 0.2) is 0 Å². The van der Waals surface area contributed by atoms with Crippen LogP contribution in [0.25, 0.3) is 0 Å². The number of hydrogen-bond donors (Lipinski definition) is 2. The summed E-state index contributed by atoms with van der Waals surface area (Å²) in [5.41, 5.74) is -1.99. The standard InChI is InChI=1S/C12H15N3O3.C10H14O3.C4H10S2/c1-4-7-13-10(16)14(8-5-2)12(18)15(9-6-3)11(13)17;1-3-5-7-9(11)13-10(12)8-6-4-2;5-3-1-2-4-6/h4-6H,1-3,7-9H2;3-4H,1-2,5-8H2;5-6H,1-4H2. The SMILES string of the molecule is C=CCCC(=O)OC(=O)CCC=C.C=CCn1c(=O)n(CC=C)c(=O)n(CC=C)c1=O.SCCCCS. The number of thiol groups is 2. The number of hydrogen-bond acceptors (Lipinski definition) is 8. The molecule has 1 rings (SSSR count). The first-order chi connectivity index (χ1) is 17.7. The van der Waals surface area contributed by atoms with Crippen LogP contribution in [0.2, 0.25) is 0 Å². The van der Waals surface area contributed by atoms with Gasteiger partial charge >= 0.3 is 29.0 Å². The van der Waals surface area contributed by atoms with E-state index in [0.29, 0.717) is 12.8 Å². The number of aromatic nitrogens is 3. The molecule has 206 valence electrons. The number of nitrogens with zero attached hydrogens (tertiary/aromatic N) is 3. The summed E-state index contributed by atoms with van der Waals surface area (Å²) in [6.45, 7) is 17.5. The molecule has 9 nitrogen and oxygen atoms in total. The largest absolute Gasteiger partial charge is 0.393 e. The number of allylic oxidation sites excluding steroid dienone is 5. The molecule has 0 saturated carbocycles. The van der Waals surface area contributed by atoms with Crippen molar-refractivity contribution in [3.63, 3.8) is 0 Å². The fraction of sp³-hybridized carbons (Fsp3) is 0.423. The lowest BCUT2D eigenvalue weighted by Crippen LogP contribution is -2.54. The lowest BCUT2D eigenvalue weighted by molar-refractivity contribution is -0.159. The molecular formula is C26H39N3O6S2. The lowest BCUT2D eigenvalue weighted by Gasteiger charge is -2.10. The van der Waals surface area contributed by atoms with E-state index in [1.807, 2.05) is 0 Å². The van der Waals surface area contributed by atoms with Crippen LogP contribution in [0, 0.1) is 0 Å². The third-order valence-corrected chi connectivity index (χ3v) is 4.85. The third-order valence-electron chi connectivity index (χ3n) is 4.22. The Balaban J connectivity index is 0. The maximum Gasteiger partial charge on any atom is 0.336 e. The quantitative estimate of drug-likeness (QED) is 0.113. The van der Waals surface area contributed by atoms with E-state index in [1.54, 1.807) is 12.2 Å². The van der Waals surface area contributed by atoms with Crippen molar-refractivity contribution in [1.29, 1.82) is 0 Å². The summed E-state index contributed by atoms with van der Waals surface area (Å²) in [5.74, 6) is 1.02. The fourth-order valence-corrected chi connectivity index (χ4v) is 2.88. The molecule has 0 spiro atoms. The van der Waals surface area contributed by atoms with E-state index in [-0.39, 0.29) is 32.5 Å². The average molecular weight is 554 g/mol. The molecule has 0 aliphatic heterocycles. The fourth-order valence-electron chi connectivity index (χ4n) is 2.43. The molecule has 0 aliphatic rings. The first kappa shape index (κ1) is 36.1. The van der Waals surface area contributed by atoms with Crippen LogP contribution in [-0.4, -0.2) is 37.1 Å². The van der Waals surface area contributed by atoms with Crippen molar-refractivity contribution in [1.82, 2.24) is 13.7 Å². The van der Waals surface area contributed by atoms with Gasteiger partial charge in [0.2, 0.25) is 0 Å². The number of unbranched alkanes of at least 4 members (excludes halogenated alkanes) is 1. The van der Waals surface area contributed by atoms with Gasteiger partial charge in [-0.05, 0) is 37.2 Å². The molecule has 0 aliphatic carbocycles. The number of carbonyl (C=O) groups is 2. The molecule has 11 heteroatoms. The first-order valence-electron chi connectivity index (χ1n) is 11.6. The van der Waals surface area contributed by atoms with Crippen molar-refractivity contribution in [2.75, 3.05) is 11.5 Å². The van der Waals surface area contributed by atoms with Gasteiger partial charge in [-0.15, -0.1) is 32.9 Å². The van der Waals surface area contributed by atoms with E-state index in [9.17, 15) is 24.0 Å². The van der Waals surface area contributed by atoms with Crippen LogP contribution in [0.1, 0.15) is 38.5 Å². The molecular weight excluding hydrogens is 514 g/mol. The van der Waals surface area contributed by atoms with Gasteiger partial charge in [0.05, 0.1) is 19.6 Å². The molecule has 0 atom stereocenters. The highest BCUT2D eigenvalue weighted by molar-refractivity contribution is 7.80. The van der Waals surface area contributed by atoms with E-state index < -0.39 is 29.0 Å². The Morgan fingerprint density at radius 1 is 0.622 bits per heavy atom. The summed E-state index contributed by atoms with van der Waals surface area (Å²) in [5, 5.41) is 0. The summed E-state index contributed by atoms with van der Waals surface area (Å²) in [6.07, 6.45) is 11.4. The molecule has 0 bridgehead atoms. The van der Waals surface area contributed by atoms with Gasteiger partial charge in [-0.3, -0.25) is 9.59 Å². The van der Waals surface area contributed by atoms with E-state index in [1.165, 1.54) is 31.1 Å². The van der Waals surface area contributed by atoms with Crippen LogP contribution in [0.5, 0.6) is 0 Å². The molecule has 0 aromatic carbocycles. The summed E-state index contributed by atoms with van der Waals surface area (Å²) < 4.78 is 7.32. The predicted octanol–water partition coefficient (Wildman–Crippen LogP) is 3.34. The van der Waals surface area contributed by atoms with Crippen LogP contribution < -0.4 is 17.1 Å². The summed E-state index contributed by atoms with van der Waals surface area (Å²) >= 11 is 8.04. The summed E-state index contributed by atoms with van der Waals surface area (Å²) in [4.78, 5) is 57.5. The minimum atomic E-state index is -0.662. The molecule has 0 saturated heterocycles. The molecule has 1 heterocycles. The zero-order chi connectivity index (χ0) is 28.6. The zero-order valence-electron chi connectivity index (χ0n) is 21.4. The van der Waals surface area contributed by atoms with Crippen LogP contribution in [0.4, 0.5) is 0 Å². The smallest absolute Gasteiger partial charge is 0.336 e. The highest BCUT2D eigenvalue weighted by Crippen LogP contribution is 1.98. The van der Waals surface area contributed by atoms with E-state index in [4.69, 9.17) is 0 Å². The van der Waals surface area contributed by atoms with Crippen LogP contribution in [0.3, 0.4) is 0 Å². The Morgan fingerprint density at radius 2 is 0.919 bits per heavy atom. The second-order valence-corrected chi connectivity index (χ2v) is 8.10. The van der Waals surface area contributed by atoms with Gasteiger partial charge < -0.3 is 4.74 Å². The normalized spacial score (nSPS) is 9.46. The Morgan fingerprint density at radius 3 is 1.14 bits per heavy atom. The molecule has 0 radical (unpaired) electrons. The van der Waals surface area contributed by atoms with Crippen molar-refractivity contribution in [3.8, 4) is 0 Å². The van der Waals surface area contributed by atoms with Crippen molar-refractivity contribution < 1.29 is 14.3 Å². The van der Waals surface area contributed by atoms with Gasteiger partial charge in [0, 0.05) is 12.8 Å². The predicted molar refractivity (Wildman–Crippen MR) is 157 cm³/mol. The molecule has 0 unspecified atom stereocenters. The molecule has 0 fully saturated rings. The zero-order valence-corrected chi connectivity index (χ0v) is 23.2. The summed E-state index contributed by atoms with van der Waals surface area (Å²) in [6, 6.07) is 0. The molecule has 1 aromatic heterocycles. The minimum absolute atomic E-state index is 0.0478. The molecule has 0 N–H and O–H groups in total. The average Bonchev–Trinajstić information content (AvgIpc) is 2.88. The van der Waals surface area contributed by atoms with Crippen molar-refractivity contribution in [3.05, 3.63) is 94.7 Å². The van der Waals surface area contributed by atoms with E-state index in [0.717, 1.165) is 25.2 Å². The van der Waals surface area contributed by atoms with Crippen molar-refractivity contribution >= 4 is 37.2 Å². The lowest BCUT2D eigenvalue weighted by atomic mass is 10.3. The number of rotatable bonds is 15. The second-order valence-electron chi connectivity index (χ2n) is 7.20. The van der Waals surface area contributed by atoms with Gasteiger partial charge in [-0.2, -0.15) is 25.3 Å². The third kappa shape index (κ3) is 15.6. The Kier molecular flexibility index (Phi) is 22.8. The Hall–Kier alpha value is -3.05. The van der Waals surface area contributed by atoms with E-state index in [2.05, 4.69) is 62.9 Å². The maximum atomic E-state index is 11.9. The van der Waals surface area contributed by atoms with Crippen molar-refractivity contribution in [2.24, 2.45) is 0 Å². The monoisotopic (exact) mass is 553 g/mol. The van der Waals surface area contributed by atoms with E-state index >= 15 is 0 Å². The highest BCUT2D eigenvalue weighted by atomic mass is 32.1. The number of ether oxygens (including phenoxy) is 1. The second kappa shape index (κ2) is 23.4. The maximum absolute atomic E-state index is 11.9. The topological polar surface area (TPSA) is 109 Å². The van der Waals surface area contributed by atoms with Gasteiger partial charge in [-0.1, -0.05) is 30.4 Å². The van der Waals surface area contributed by atoms with Crippen LogP contribution in [0.15, 0.2) is 77.7 Å². The summed E-state index contributed by atoms with van der Waals surface area (Å²) in [7, 11) is 0. The Bertz CT molecular complexity index is 923. The van der Waals surface area contributed by atoms with Crippen LogP contribution in [-0.2, 0) is 34.0 Å². The number of carbonyl (C=O) groups excluding carboxylic acids is 2. The van der Waals surface area contributed by atoms with Gasteiger partial charge in [0.25, 0.3) is 0 Å². The minimum Gasteiger partial charge on any atom is -0.393 e.